The Bertz CT molecular complexity index is 288. The Hall–Kier alpha value is -0.0800. The topological polar surface area (TPSA) is 23.5 Å². The van der Waals surface area contributed by atoms with E-state index in [1.54, 1.807) is 0 Å². The standard InChI is InChI=1S/C28H59NO/c1-27(2)21-17-13-9-5-7-11-15-19-23-29(25-26-30)24-20-16-12-8-6-10-14-18-22-28(3)4/h27-28,30H,5-26H2,1-4H3. The van der Waals surface area contributed by atoms with Gasteiger partial charge < -0.3 is 10.0 Å². The molecule has 1 N–H and O–H groups in total. The summed E-state index contributed by atoms with van der Waals surface area (Å²) in [6.07, 6.45) is 25.2. The van der Waals surface area contributed by atoms with Gasteiger partial charge in [-0.25, -0.2) is 0 Å². The van der Waals surface area contributed by atoms with Crippen LogP contribution in [0, 0.1) is 11.8 Å². The van der Waals surface area contributed by atoms with E-state index in [0.29, 0.717) is 6.61 Å². The third kappa shape index (κ3) is 24.2. The van der Waals surface area contributed by atoms with Gasteiger partial charge in [-0.05, 0) is 37.8 Å². The van der Waals surface area contributed by atoms with Crippen LogP contribution in [0.1, 0.15) is 143 Å². The maximum Gasteiger partial charge on any atom is 0.0558 e. The lowest BCUT2D eigenvalue weighted by Crippen LogP contribution is -2.29. The molecule has 0 aromatic rings. The molecule has 0 heterocycles. The average molecular weight is 426 g/mol. The molecule has 0 aliphatic heterocycles. The maximum absolute atomic E-state index is 9.35. The molecule has 2 heteroatoms. The van der Waals surface area contributed by atoms with E-state index in [9.17, 15) is 5.11 Å². The van der Waals surface area contributed by atoms with Gasteiger partial charge in [-0.1, -0.05) is 130 Å². The fourth-order valence-electron chi connectivity index (χ4n) is 4.37. The van der Waals surface area contributed by atoms with Gasteiger partial charge >= 0.3 is 0 Å². The van der Waals surface area contributed by atoms with E-state index in [1.807, 2.05) is 0 Å². The molecule has 0 saturated heterocycles. The Labute approximate surface area is 191 Å². The molecule has 0 bridgehead atoms. The van der Waals surface area contributed by atoms with Crippen molar-refractivity contribution in [2.75, 3.05) is 26.2 Å². The number of hydrogen-bond acceptors (Lipinski definition) is 2. The summed E-state index contributed by atoms with van der Waals surface area (Å²) in [4.78, 5) is 2.50. The minimum absolute atomic E-state index is 0.312. The van der Waals surface area contributed by atoms with Crippen LogP contribution in [0.3, 0.4) is 0 Å². The van der Waals surface area contributed by atoms with Crippen LogP contribution < -0.4 is 0 Å². The SMILES string of the molecule is CC(C)CCCCCCCCCCN(CCO)CCCCCCCCCCC(C)C. The van der Waals surface area contributed by atoms with Crippen LogP contribution in [0.5, 0.6) is 0 Å². The lowest BCUT2D eigenvalue weighted by molar-refractivity contribution is 0.190. The van der Waals surface area contributed by atoms with Crippen molar-refractivity contribution >= 4 is 0 Å². The fourth-order valence-corrected chi connectivity index (χ4v) is 4.37. The van der Waals surface area contributed by atoms with Gasteiger partial charge in [0.15, 0.2) is 0 Å². The van der Waals surface area contributed by atoms with E-state index in [-0.39, 0.29) is 0 Å². The zero-order valence-corrected chi connectivity index (χ0v) is 21.6. The van der Waals surface area contributed by atoms with E-state index in [1.165, 1.54) is 129 Å². The molecule has 2 nitrogen and oxygen atoms in total. The highest BCUT2D eigenvalue weighted by molar-refractivity contribution is 4.59. The first-order valence-electron chi connectivity index (χ1n) is 13.9. The van der Waals surface area contributed by atoms with Crippen molar-refractivity contribution in [2.24, 2.45) is 11.8 Å². The largest absolute Gasteiger partial charge is 0.395 e. The van der Waals surface area contributed by atoms with Crippen molar-refractivity contribution in [3.05, 3.63) is 0 Å². The first-order chi connectivity index (χ1) is 14.6. The van der Waals surface area contributed by atoms with Crippen molar-refractivity contribution in [2.45, 2.75) is 143 Å². The van der Waals surface area contributed by atoms with Crippen LogP contribution in [0.4, 0.5) is 0 Å². The number of aliphatic hydroxyl groups is 1. The van der Waals surface area contributed by atoms with E-state index in [2.05, 4.69) is 32.6 Å². The van der Waals surface area contributed by atoms with Gasteiger partial charge in [0.2, 0.25) is 0 Å². The Morgan fingerprint density at radius 1 is 0.433 bits per heavy atom. The normalized spacial score (nSPS) is 12.0. The average Bonchev–Trinajstić information content (AvgIpc) is 2.70. The zero-order valence-electron chi connectivity index (χ0n) is 21.6. The molecule has 30 heavy (non-hydrogen) atoms. The molecule has 0 rings (SSSR count). The molecule has 0 aliphatic rings. The quantitative estimate of drug-likeness (QED) is 0.156. The highest BCUT2D eigenvalue weighted by Gasteiger charge is 2.04. The molecule has 182 valence electrons. The summed E-state index contributed by atoms with van der Waals surface area (Å²) in [7, 11) is 0. The first kappa shape index (κ1) is 29.9. The van der Waals surface area contributed by atoms with Crippen LogP contribution in [0.2, 0.25) is 0 Å². The molecule has 0 unspecified atom stereocenters. The summed E-state index contributed by atoms with van der Waals surface area (Å²) < 4.78 is 0. The summed E-state index contributed by atoms with van der Waals surface area (Å²) in [5.74, 6) is 1.74. The smallest absolute Gasteiger partial charge is 0.0558 e. The Kier molecular flexibility index (Phi) is 23.5. The van der Waals surface area contributed by atoms with Gasteiger partial charge in [-0.15, -0.1) is 0 Å². The molecule has 0 radical (unpaired) electrons. The summed E-state index contributed by atoms with van der Waals surface area (Å²) in [6, 6.07) is 0. The van der Waals surface area contributed by atoms with Gasteiger partial charge in [0, 0.05) is 6.54 Å². The van der Waals surface area contributed by atoms with Gasteiger partial charge in [-0.2, -0.15) is 0 Å². The van der Waals surface area contributed by atoms with Crippen molar-refractivity contribution in [3.8, 4) is 0 Å². The van der Waals surface area contributed by atoms with Crippen molar-refractivity contribution in [1.29, 1.82) is 0 Å². The molecule has 0 aromatic heterocycles. The minimum atomic E-state index is 0.312. The maximum atomic E-state index is 9.35. The van der Waals surface area contributed by atoms with E-state index in [4.69, 9.17) is 0 Å². The van der Waals surface area contributed by atoms with Crippen LogP contribution in [-0.2, 0) is 0 Å². The molecule has 0 fully saturated rings. The molecule has 0 saturated carbocycles. The summed E-state index contributed by atoms with van der Waals surface area (Å²) >= 11 is 0. The molecule has 0 amide bonds. The molecule has 0 aromatic carbocycles. The number of rotatable bonds is 24. The van der Waals surface area contributed by atoms with Gasteiger partial charge in [-0.3, -0.25) is 0 Å². The van der Waals surface area contributed by atoms with E-state index < -0.39 is 0 Å². The lowest BCUT2D eigenvalue weighted by atomic mass is 10.0. The summed E-state index contributed by atoms with van der Waals surface area (Å²) in [6.45, 7) is 12.9. The second-order valence-electron chi connectivity index (χ2n) is 10.6. The second kappa shape index (κ2) is 23.6. The molecule has 0 aliphatic carbocycles. The third-order valence-corrected chi connectivity index (χ3v) is 6.43. The fraction of sp³-hybridized carbons (Fsp3) is 1.00. The van der Waals surface area contributed by atoms with Crippen LogP contribution in [-0.4, -0.2) is 36.2 Å². The van der Waals surface area contributed by atoms with Crippen LogP contribution in [0.15, 0.2) is 0 Å². The highest BCUT2D eigenvalue weighted by Crippen LogP contribution is 2.14. The van der Waals surface area contributed by atoms with Gasteiger partial charge in [0.05, 0.1) is 6.61 Å². The number of aliphatic hydroxyl groups excluding tert-OH is 1. The Morgan fingerprint density at radius 3 is 1.03 bits per heavy atom. The Morgan fingerprint density at radius 2 is 0.733 bits per heavy atom. The number of nitrogens with zero attached hydrogens (tertiary/aromatic N) is 1. The Balaban J connectivity index is 3.44. The first-order valence-corrected chi connectivity index (χ1v) is 13.9. The summed E-state index contributed by atoms with van der Waals surface area (Å²) in [5, 5.41) is 9.35. The number of hydrogen-bond donors (Lipinski definition) is 1. The molecule has 0 atom stereocenters. The second-order valence-corrected chi connectivity index (χ2v) is 10.6. The van der Waals surface area contributed by atoms with Crippen LogP contribution >= 0.6 is 0 Å². The molecular weight excluding hydrogens is 366 g/mol. The van der Waals surface area contributed by atoms with Crippen molar-refractivity contribution in [1.82, 2.24) is 4.90 Å². The predicted octanol–water partition coefficient (Wildman–Crippen LogP) is 8.61. The predicted molar refractivity (Wildman–Crippen MR) is 136 cm³/mol. The van der Waals surface area contributed by atoms with Crippen molar-refractivity contribution < 1.29 is 5.11 Å². The minimum Gasteiger partial charge on any atom is -0.395 e. The summed E-state index contributed by atoms with van der Waals surface area (Å²) in [5.41, 5.74) is 0. The molecule has 0 spiro atoms. The highest BCUT2D eigenvalue weighted by atomic mass is 16.3. The zero-order chi connectivity index (χ0) is 22.3. The van der Waals surface area contributed by atoms with Gasteiger partial charge in [0.1, 0.15) is 0 Å². The van der Waals surface area contributed by atoms with Crippen LogP contribution in [0.25, 0.3) is 0 Å². The van der Waals surface area contributed by atoms with E-state index in [0.717, 1.165) is 18.4 Å². The lowest BCUT2D eigenvalue weighted by Gasteiger charge is -2.21. The number of unbranched alkanes of at least 4 members (excludes halogenated alkanes) is 14. The van der Waals surface area contributed by atoms with Gasteiger partial charge in [0.25, 0.3) is 0 Å². The molecular formula is C28H59NO. The third-order valence-electron chi connectivity index (χ3n) is 6.43. The monoisotopic (exact) mass is 425 g/mol. The van der Waals surface area contributed by atoms with Crippen molar-refractivity contribution in [3.63, 3.8) is 0 Å². The van der Waals surface area contributed by atoms with E-state index >= 15 is 0 Å².